The van der Waals surface area contributed by atoms with Crippen molar-refractivity contribution in [2.45, 2.75) is 32.7 Å². The second-order valence-corrected chi connectivity index (χ2v) is 8.29. The van der Waals surface area contributed by atoms with Crippen LogP contribution in [0.3, 0.4) is 0 Å². The molecule has 1 aromatic carbocycles. The van der Waals surface area contributed by atoms with Crippen LogP contribution in [0.1, 0.15) is 24.0 Å². The number of piperidine rings is 1. The third kappa shape index (κ3) is 5.88. The molecule has 0 radical (unpaired) electrons. The Labute approximate surface area is 169 Å². The van der Waals surface area contributed by atoms with Gasteiger partial charge in [-0.3, -0.25) is 4.90 Å². The third-order valence-corrected chi connectivity index (χ3v) is 6.23. The molecule has 3 rings (SSSR count). The van der Waals surface area contributed by atoms with Gasteiger partial charge in [-0.15, -0.1) is 0 Å². The summed E-state index contributed by atoms with van der Waals surface area (Å²) in [7, 11) is 2.27. The maximum atomic E-state index is 5.67. The number of thiocarbonyl (C=S) groups is 1. The Morgan fingerprint density at radius 3 is 2.56 bits per heavy atom. The first-order valence-electron chi connectivity index (χ1n) is 10.2. The Morgan fingerprint density at radius 2 is 1.89 bits per heavy atom. The van der Waals surface area contributed by atoms with Crippen LogP contribution in [0.2, 0.25) is 0 Å². The minimum absolute atomic E-state index is 0.659. The molecular weight excluding hydrogens is 356 g/mol. The standard InChI is InChI=1S/C21H34N4OS/c1-17-4-5-20(18(2)16-17)22-21(27)25-8-6-19(7-9-25)23(3)10-11-24-12-14-26-15-13-24/h4-5,16,19H,6-15H2,1-3H3,(H,22,27). The number of nitrogens with zero attached hydrogens (tertiary/aromatic N) is 3. The largest absolute Gasteiger partial charge is 0.379 e. The first kappa shape index (κ1) is 20.5. The Hall–Kier alpha value is -1.21. The van der Waals surface area contributed by atoms with Crippen molar-refractivity contribution in [3.8, 4) is 0 Å². The van der Waals surface area contributed by atoms with E-state index in [2.05, 4.69) is 59.1 Å². The zero-order valence-electron chi connectivity index (χ0n) is 17.0. The van der Waals surface area contributed by atoms with Crippen molar-refractivity contribution in [3.63, 3.8) is 0 Å². The lowest BCUT2D eigenvalue weighted by atomic mass is 10.0. The van der Waals surface area contributed by atoms with Gasteiger partial charge in [-0.25, -0.2) is 0 Å². The van der Waals surface area contributed by atoms with Gasteiger partial charge >= 0.3 is 0 Å². The van der Waals surface area contributed by atoms with Crippen LogP contribution >= 0.6 is 12.2 Å². The summed E-state index contributed by atoms with van der Waals surface area (Å²) in [5.74, 6) is 0. The van der Waals surface area contributed by atoms with E-state index in [1.165, 1.54) is 24.0 Å². The number of hydrogen-bond donors (Lipinski definition) is 1. The Kier molecular flexibility index (Phi) is 7.47. The second-order valence-electron chi connectivity index (χ2n) is 7.90. The summed E-state index contributed by atoms with van der Waals surface area (Å²) in [6, 6.07) is 7.11. The van der Waals surface area contributed by atoms with Crippen LogP contribution in [-0.2, 0) is 4.74 Å². The molecule has 0 aliphatic carbocycles. The summed E-state index contributed by atoms with van der Waals surface area (Å²) < 4.78 is 5.43. The van der Waals surface area contributed by atoms with Crippen molar-refractivity contribution in [2.75, 3.05) is 64.8 Å². The molecule has 2 aliphatic rings. The molecule has 0 unspecified atom stereocenters. The number of nitrogens with one attached hydrogen (secondary N) is 1. The molecule has 0 spiro atoms. The number of hydrogen-bond acceptors (Lipinski definition) is 4. The Balaban J connectivity index is 1.41. The average molecular weight is 391 g/mol. The molecule has 0 saturated carbocycles. The first-order valence-corrected chi connectivity index (χ1v) is 10.6. The van der Waals surface area contributed by atoms with E-state index in [0.29, 0.717) is 6.04 Å². The Morgan fingerprint density at radius 1 is 1.19 bits per heavy atom. The topological polar surface area (TPSA) is 31.0 Å². The fourth-order valence-corrected chi connectivity index (χ4v) is 4.26. The fourth-order valence-electron chi connectivity index (χ4n) is 3.96. The Bertz CT molecular complexity index is 625. The molecule has 2 heterocycles. The van der Waals surface area contributed by atoms with Gasteiger partial charge in [-0.05, 0) is 57.6 Å². The number of rotatable bonds is 5. The van der Waals surface area contributed by atoms with E-state index < -0.39 is 0 Å². The molecule has 0 aromatic heterocycles. The van der Waals surface area contributed by atoms with Crippen LogP contribution in [0.15, 0.2) is 18.2 Å². The van der Waals surface area contributed by atoms with E-state index in [1.54, 1.807) is 0 Å². The summed E-state index contributed by atoms with van der Waals surface area (Å²) in [5.41, 5.74) is 3.65. The normalized spacial score (nSPS) is 19.5. The van der Waals surface area contributed by atoms with Gasteiger partial charge in [0, 0.05) is 51.0 Å². The molecule has 2 fully saturated rings. The molecule has 2 saturated heterocycles. The quantitative estimate of drug-likeness (QED) is 0.778. The van der Waals surface area contributed by atoms with E-state index in [9.17, 15) is 0 Å². The van der Waals surface area contributed by atoms with Gasteiger partial charge in [0.05, 0.1) is 13.2 Å². The van der Waals surface area contributed by atoms with Crippen LogP contribution in [0.4, 0.5) is 5.69 Å². The van der Waals surface area contributed by atoms with Gasteiger partial charge in [0.25, 0.3) is 0 Å². The molecule has 1 N–H and O–H groups in total. The minimum atomic E-state index is 0.659. The smallest absolute Gasteiger partial charge is 0.173 e. The molecule has 0 bridgehead atoms. The highest BCUT2D eigenvalue weighted by atomic mass is 32.1. The van der Waals surface area contributed by atoms with Gasteiger partial charge < -0.3 is 19.9 Å². The van der Waals surface area contributed by atoms with Crippen molar-refractivity contribution >= 4 is 23.0 Å². The van der Waals surface area contributed by atoms with E-state index in [-0.39, 0.29) is 0 Å². The molecule has 5 nitrogen and oxygen atoms in total. The van der Waals surface area contributed by atoms with Gasteiger partial charge in [0.2, 0.25) is 0 Å². The highest BCUT2D eigenvalue weighted by Gasteiger charge is 2.24. The van der Waals surface area contributed by atoms with Crippen molar-refractivity contribution in [3.05, 3.63) is 29.3 Å². The lowest BCUT2D eigenvalue weighted by molar-refractivity contribution is 0.0311. The maximum Gasteiger partial charge on any atom is 0.173 e. The third-order valence-electron chi connectivity index (χ3n) is 5.87. The van der Waals surface area contributed by atoms with Gasteiger partial charge in [-0.1, -0.05) is 17.7 Å². The summed E-state index contributed by atoms with van der Waals surface area (Å²) >= 11 is 5.67. The van der Waals surface area contributed by atoms with Crippen LogP contribution in [0, 0.1) is 13.8 Å². The number of ether oxygens (including phenoxy) is 1. The molecule has 1 aromatic rings. The zero-order valence-corrected chi connectivity index (χ0v) is 17.9. The molecule has 2 aliphatic heterocycles. The summed E-state index contributed by atoms with van der Waals surface area (Å²) in [6.45, 7) is 12.5. The van der Waals surface area contributed by atoms with E-state index in [4.69, 9.17) is 17.0 Å². The molecule has 27 heavy (non-hydrogen) atoms. The number of benzene rings is 1. The van der Waals surface area contributed by atoms with Crippen molar-refractivity contribution in [2.24, 2.45) is 0 Å². The molecule has 6 heteroatoms. The van der Waals surface area contributed by atoms with E-state index in [0.717, 1.165) is 63.3 Å². The maximum absolute atomic E-state index is 5.67. The molecule has 0 amide bonds. The predicted octanol–water partition coefficient (Wildman–Crippen LogP) is 2.73. The summed E-state index contributed by atoms with van der Waals surface area (Å²) in [5, 5.41) is 4.30. The number of anilines is 1. The molecule has 150 valence electrons. The predicted molar refractivity (Wildman–Crippen MR) is 117 cm³/mol. The van der Waals surface area contributed by atoms with Crippen LogP contribution in [-0.4, -0.2) is 85.4 Å². The SMILES string of the molecule is Cc1ccc(NC(=S)N2CCC(N(C)CCN3CCOCC3)CC2)c(C)c1. The van der Waals surface area contributed by atoms with Gasteiger partial charge in [0.15, 0.2) is 5.11 Å². The number of morpholine rings is 1. The van der Waals surface area contributed by atoms with Gasteiger partial charge in [-0.2, -0.15) is 0 Å². The van der Waals surface area contributed by atoms with Crippen molar-refractivity contribution in [1.29, 1.82) is 0 Å². The number of aryl methyl sites for hydroxylation is 2. The average Bonchev–Trinajstić information content (AvgIpc) is 2.69. The highest BCUT2D eigenvalue weighted by Crippen LogP contribution is 2.19. The monoisotopic (exact) mass is 390 g/mol. The van der Waals surface area contributed by atoms with E-state index >= 15 is 0 Å². The second kappa shape index (κ2) is 9.82. The fraction of sp³-hybridized carbons (Fsp3) is 0.667. The molecular formula is C21H34N4OS. The molecule has 0 atom stereocenters. The van der Waals surface area contributed by atoms with Crippen LogP contribution < -0.4 is 5.32 Å². The lowest BCUT2D eigenvalue weighted by Crippen LogP contribution is -2.48. The zero-order chi connectivity index (χ0) is 19.2. The minimum Gasteiger partial charge on any atom is -0.379 e. The summed E-state index contributed by atoms with van der Waals surface area (Å²) in [6.07, 6.45) is 2.35. The van der Waals surface area contributed by atoms with Crippen molar-refractivity contribution < 1.29 is 4.74 Å². The number of likely N-dealkylation sites (N-methyl/N-ethyl adjacent to an activating group) is 1. The van der Waals surface area contributed by atoms with Crippen molar-refractivity contribution in [1.82, 2.24) is 14.7 Å². The number of likely N-dealkylation sites (tertiary alicyclic amines) is 1. The van der Waals surface area contributed by atoms with E-state index in [1.807, 2.05) is 0 Å². The van der Waals surface area contributed by atoms with Crippen LogP contribution in [0.25, 0.3) is 0 Å². The highest BCUT2D eigenvalue weighted by molar-refractivity contribution is 7.80. The first-order chi connectivity index (χ1) is 13.0. The van der Waals surface area contributed by atoms with Gasteiger partial charge in [0.1, 0.15) is 0 Å². The van der Waals surface area contributed by atoms with Crippen LogP contribution in [0.5, 0.6) is 0 Å². The summed E-state index contributed by atoms with van der Waals surface area (Å²) in [4.78, 5) is 7.37. The lowest BCUT2D eigenvalue weighted by Gasteiger charge is -2.39.